The number of aromatic nitrogens is 2. The summed E-state index contributed by atoms with van der Waals surface area (Å²) in [5.74, 6) is -0.495. The molecular formula is C27H22BrClN2O5S. The number of sulfone groups is 1. The molecule has 2 heterocycles. The van der Waals surface area contributed by atoms with Crippen LogP contribution in [0.15, 0.2) is 79.7 Å². The summed E-state index contributed by atoms with van der Waals surface area (Å²) in [6.45, 7) is 2.25. The van der Waals surface area contributed by atoms with Gasteiger partial charge in [-0.2, -0.15) is 0 Å². The predicted octanol–water partition coefficient (Wildman–Crippen LogP) is 5.42. The zero-order chi connectivity index (χ0) is 26.3. The van der Waals surface area contributed by atoms with Crippen molar-refractivity contribution in [3.63, 3.8) is 0 Å². The van der Waals surface area contributed by atoms with Crippen molar-refractivity contribution in [1.29, 1.82) is 0 Å². The molecule has 1 aliphatic rings. The maximum Gasteiger partial charge on any atom is 0.356 e. The molecule has 5 rings (SSSR count). The van der Waals surface area contributed by atoms with E-state index in [-0.39, 0.29) is 16.4 Å². The lowest BCUT2D eigenvalue weighted by molar-refractivity contribution is 0.0513. The monoisotopic (exact) mass is 600 g/mol. The summed E-state index contributed by atoms with van der Waals surface area (Å²) in [5.41, 5.74) is 3.16. The number of nitrogens with one attached hydrogen (secondary N) is 1. The number of carbonyl (C=O) groups is 1. The molecule has 0 spiro atoms. The van der Waals surface area contributed by atoms with Crippen LogP contribution < -0.4 is 5.56 Å². The van der Waals surface area contributed by atoms with E-state index in [0.29, 0.717) is 51.5 Å². The summed E-state index contributed by atoms with van der Waals surface area (Å²) in [6, 6.07) is 16.6. The smallest absolute Gasteiger partial charge is 0.356 e. The number of aromatic amines is 1. The number of aryl methyl sites for hydroxylation is 1. The van der Waals surface area contributed by atoms with Crippen LogP contribution in [-0.4, -0.2) is 30.5 Å². The Kier molecular flexibility index (Phi) is 6.87. The Morgan fingerprint density at radius 1 is 1.11 bits per heavy atom. The van der Waals surface area contributed by atoms with E-state index >= 15 is 0 Å². The highest BCUT2D eigenvalue weighted by molar-refractivity contribution is 9.10. The van der Waals surface area contributed by atoms with Crippen LogP contribution in [0.1, 0.15) is 34.1 Å². The minimum atomic E-state index is -4.01. The van der Waals surface area contributed by atoms with E-state index in [1.54, 1.807) is 41.8 Å². The van der Waals surface area contributed by atoms with Gasteiger partial charge in [-0.15, -0.1) is 0 Å². The number of fused-ring (bicyclic) bond motifs is 3. The van der Waals surface area contributed by atoms with Crippen LogP contribution in [0.2, 0.25) is 5.02 Å². The average molecular weight is 602 g/mol. The fourth-order valence-corrected chi connectivity index (χ4v) is 6.88. The topological polar surface area (TPSA) is 98.2 Å². The van der Waals surface area contributed by atoms with Crippen molar-refractivity contribution < 1.29 is 17.9 Å². The second-order valence-corrected chi connectivity index (χ2v) is 11.7. The molecule has 0 bridgehead atoms. The second kappa shape index (κ2) is 9.96. The average Bonchev–Trinajstić information content (AvgIpc) is 3.17. The SMILES string of the molecule is CCOC(=O)c1c(Br)c2c(n1Cc1ccc(Cl)cc1)-c1[nH]c(=O)c(S(=O)(=O)c3ccccc3)cc1CC2. The maximum absolute atomic E-state index is 13.2. The molecule has 7 nitrogen and oxygen atoms in total. The van der Waals surface area contributed by atoms with Gasteiger partial charge in [-0.05, 0) is 82.7 Å². The molecule has 1 aliphatic carbocycles. The summed E-state index contributed by atoms with van der Waals surface area (Å²) in [6.07, 6.45) is 1.03. The number of H-pyrrole nitrogens is 1. The Morgan fingerprint density at radius 2 is 1.81 bits per heavy atom. The molecule has 4 aromatic rings. The van der Waals surface area contributed by atoms with Gasteiger partial charge in [0, 0.05) is 11.6 Å². The molecule has 0 saturated carbocycles. The molecule has 0 saturated heterocycles. The Bertz CT molecular complexity index is 1680. The first-order valence-corrected chi connectivity index (χ1v) is 14.3. The highest BCUT2D eigenvalue weighted by Gasteiger charge is 2.33. The molecule has 0 unspecified atom stereocenters. The van der Waals surface area contributed by atoms with E-state index in [1.165, 1.54) is 18.2 Å². The summed E-state index contributed by atoms with van der Waals surface area (Å²) in [5, 5.41) is 0.590. The third-order valence-electron chi connectivity index (χ3n) is 6.33. The summed E-state index contributed by atoms with van der Waals surface area (Å²) in [7, 11) is -4.01. The molecule has 0 fully saturated rings. The number of benzene rings is 2. The van der Waals surface area contributed by atoms with Gasteiger partial charge in [0.15, 0.2) is 0 Å². The van der Waals surface area contributed by atoms with Crippen molar-refractivity contribution >= 4 is 43.3 Å². The van der Waals surface area contributed by atoms with Crippen LogP contribution >= 0.6 is 27.5 Å². The number of hydrogen-bond donors (Lipinski definition) is 1. The van der Waals surface area contributed by atoms with Gasteiger partial charge in [0.05, 0.1) is 27.4 Å². The lowest BCUT2D eigenvalue weighted by atomic mass is 9.94. The minimum Gasteiger partial charge on any atom is -0.461 e. The van der Waals surface area contributed by atoms with Crippen LogP contribution in [0.25, 0.3) is 11.4 Å². The third kappa shape index (κ3) is 4.56. The lowest BCUT2D eigenvalue weighted by Gasteiger charge is -2.21. The minimum absolute atomic E-state index is 0.0513. The summed E-state index contributed by atoms with van der Waals surface area (Å²) >= 11 is 9.66. The van der Waals surface area contributed by atoms with Crippen molar-refractivity contribution in [2.75, 3.05) is 6.61 Å². The van der Waals surface area contributed by atoms with Crippen molar-refractivity contribution in [3.05, 3.63) is 103 Å². The molecular weight excluding hydrogens is 580 g/mol. The van der Waals surface area contributed by atoms with E-state index in [0.717, 1.165) is 11.1 Å². The van der Waals surface area contributed by atoms with Gasteiger partial charge in [-0.3, -0.25) is 4.79 Å². The number of esters is 1. The Labute approximate surface area is 227 Å². The molecule has 10 heteroatoms. The van der Waals surface area contributed by atoms with Gasteiger partial charge in [-0.25, -0.2) is 13.2 Å². The highest BCUT2D eigenvalue weighted by atomic mass is 79.9. The number of pyridine rings is 1. The van der Waals surface area contributed by atoms with E-state index < -0.39 is 21.4 Å². The zero-order valence-electron chi connectivity index (χ0n) is 19.8. The van der Waals surface area contributed by atoms with E-state index in [2.05, 4.69) is 20.9 Å². The molecule has 0 radical (unpaired) electrons. The standard InChI is InChI=1S/C27H22BrClN2O5S/c1-2-36-27(33)25-22(28)20-13-10-17-14-21(37(34,35)19-6-4-3-5-7-19)26(32)30-23(17)24(20)31(25)15-16-8-11-18(29)12-9-16/h3-9,11-12,14H,2,10,13,15H2,1H3,(H,30,32). The van der Waals surface area contributed by atoms with Gasteiger partial charge in [0.25, 0.3) is 5.56 Å². The first-order chi connectivity index (χ1) is 17.7. The summed E-state index contributed by atoms with van der Waals surface area (Å²) in [4.78, 5) is 28.8. The van der Waals surface area contributed by atoms with Crippen molar-refractivity contribution in [2.45, 2.75) is 36.1 Å². The number of hydrogen-bond acceptors (Lipinski definition) is 5. The zero-order valence-corrected chi connectivity index (χ0v) is 22.9. The number of carbonyl (C=O) groups excluding carboxylic acids is 1. The second-order valence-electron chi connectivity index (χ2n) is 8.60. The van der Waals surface area contributed by atoms with Crippen LogP contribution in [0.5, 0.6) is 0 Å². The van der Waals surface area contributed by atoms with Gasteiger partial charge in [-0.1, -0.05) is 41.9 Å². The van der Waals surface area contributed by atoms with Gasteiger partial charge < -0.3 is 14.3 Å². The molecule has 2 aromatic heterocycles. The van der Waals surface area contributed by atoms with Crippen molar-refractivity contribution in [2.24, 2.45) is 0 Å². The first-order valence-electron chi connectivity index (χ1n) is 11.6. The highest BCUT2D eigenvalue weighted by Crippen LogP contribution is 2.41. The maximum atomic E-state index is 13.2. The molecule has 37 heavy (non-hydrogen) atoms. The van der Waals surface area contributed by atoms with Crippen LogP contribution in [0.4, 0.5) is 0 Å². The lowest BCUT2D eigenvalue weighted by Crippen LogP contribution is -2.22. The number of nitrogens with zero attached hydrogens (tertiary/aromatic N) is 1. The Hall–Kier alpha value is -3.14. The predicted molar refractivity (Wildman–Crippen MR) is 144 cm³/mol. The fraction of sp³-hybridized carbons (Fsp3) is 0.185. The van der Waals surface area contributed by atoms with Gasteiger partial charge in [0.1, 0.15) is 10.6 Å². The Balaban J connectivity index is 1.71. The molecule has 1 N–H and O–H groups in total. The number of ether oxygens (including phenoxy) is 1. The van der Waals surface area contributed by atoms with Crippen LogP contribution in [0, 0.1) is 0 Å². The third-order valence-corrected chi connectivity index (χ3v) is 9.22. The largest absolute Gasteiger partial charge is 0.461 e. The molecule has 0 amide bonds. The van der Waals surface area contributed by atoms with Gasteiger partial charge in [0.2, 0.25) is 9.84 Å². The first kappa shape index (κ1) is 25.5. The quantitative estimate of drug-likeness (QED) is 0.298. The van der Waals surface area contributed by atoms with E-state index in [9.17, 15) is 18.0 Å². The molecule has 190 valence electrons. The number of halogens is 2. The van der Waals surface area contributed by atoms with Crippen LogP contribution in [0.3, 0.4) is 0 Å². The summed E-state index contributed by atoms with van der Waals surface area (Å²) < 4.78 is 34.2. The molecule has 0 aliphatic heterocycles. The van der Waals surface area contributed by atoms with Crippen molar-refractivity contribution in [3.8, 4) is 11.4 Å². The Morgan fingerprint density at radius 3 is 2.49 bits per heavy atom. The normalized spacial score (nSPS) is 12.6. The van der Waals surface area contributed by atoms with Crippen LogP contribution in [-0.2, 0) is 34.0 Å². The van der Waals surface area contributed by atoms with Gasteiger partial charge >= 0.3 is 5.97 Å². The molecule has 0 atom stereocenters. The molecule has 2 aromatic carbocycles. The fourth-order valence-electron chi connectivity index (χ4n) is 4.63. The van der Waals surface area contributed by atoms with E-state index in [4.69, 9.17) is 16.3 Å². The van der Waals surface area contributed by atoms with Crippen molar-refractivity contribution in [1.82, 2.24) is 9.55 Å². The van der Waals surface area contributed by atoms with E-state index in [1.807, 2.05) is 12.1 Å². The number of rotatable bonds is 6.